The summed E-state index contributed by atoms with van der Waals surface area (Å²) >= 11 is 0. The summed E-state index contributed by atoms with van der Waals surface area (Å²) in [7, 11) is 0. The highest BCUT2D eigenvalue weighted by Gasteiger charge is 2.04. The fraction of sp³-hybridized carbons (Fsp3) is 0.889. The van der Waals surface area contributed by atoms with E-state index in [-0.39, 0.29) is 18.4 Å². The maximum atomic E-state index is 11.5. The highest BCUT2D eigenvalue weighted by Crippen LogP contribution is 2.11. The first-order chi connectivity index (χ1) is 11.2. The molecule has 0 aromatic heterocycles. The SMILES string of the molecule is CCCCCCCCCCCCCC(=O)NNC(=O)COCC. The zero-order valence-corrected chi connectivity index (χ0v) is 15.1. The van der Waals surface area contributed by atoms with Crippen molar-refractivity contribution in [1.82, 2.24) is 10.9 Å². The van der Waals surface area contributed by atoms with Crippen LogP contribution in [0.2, 0.25) is 0 Å². The van der Waals surface area contributed by atoms with Crippen LogP contribution in [0.4, 0.5) is 0 Å². The van der Waals surface area contributed by atoms with Crippen molar-refractivity contribution in [3.05, 3.63) is 0 Å². The minimum atomic E-state index is -0.320. The molecule has 0 saturated carbocycles. The molecule has 136 valence electrons. The Hall–Kier alpha value is -1.10. The summed E-state index contributed by atoms with van der Waals surface area (Å²) < 4.78 is 4.94. The third kappa shape index (κ3) is 17.1. The van der Waals surface area contributed by atoms with Gasteiger partial charge in [-0.15, -0.1) is 0 Å². The Balaban J connectivity index is 3.25. The molecule has 0 fully saturated rings. The number of ether oxygens (including phenoxy) is 1. The first-order valence-electron chi connectivity index (χ1n) is 9.36. The molecule has 0 heterocycles. The van der Waals surface area contributed by atoms with Crippen LogP contribution in [0, 0.1) is 0 Å². The molecule has 23 heavy (non-hydrogen) atoms. The van der Waals surface area contributed by atoms with Crippen LogP contribution in [0.5, 0.6) is 0 Å². The largest absolute Gasteiger partial charge is 0.372 e. The van der Waals surface area contributed by atoms with Gasteiger partial charge < -0.3 is 4.74 Å². The molecule has 5 nitrogen and oxygen atoms in total. The first kappa shape index (κ1) is 21.9. The van der Waals surface area contributed by atoms with Gasteiger partial charge in [-0.3, -0.25) is 20.4 Å². The van der Waals surface area contributed by atoms with Gasteiger partial charge in [0.1, 0.15) is 6.61 Å². The van der Waals surface area contributed by atoms with Crippen molar-refractivity contribution in [2.24, 2.45) is 0 Å². The second-order valence-corrected chi connectivity index (χ2v) is 6.02. The highest BCUT2D eigenvalue weighted by atomic mass is 16.5. The van der Waals surface area contributed by atoms with Gasteiger partial charge in [-0.05, 0) is 13.3 Å². The molecular weight excluding hydrogens is 292 g/mol. The molecule has 0 aliphatic rings. The molecule has 0 unspecified atom stereocenters. The van der Waals surface area contributed by atoms with Crippen molar-refractivity contribution >= 4 is 11.8 Å². The van der Waals surface area contributed by atoms with Gasteiger partial charge in [0.25, 0.3) is 5.91 Å². The van der Waals surface area contributed by atoms with Crippen LogP contribution < -0.4 is 10.9 Å². The van der Waals surface area contributed by atoms with E-state index < -0.39 is 0 Å². The van der Waals surface area contributed by atoms with Crippen molar-refractivity contribution in [1.29, 1.82) is 0 Å². The van der Waals surface area contributed by atoms with Crippen molar-refractivity contribution in [2.45, 2.75) is 90.9 Å². The lowest BCUT2D eigenvalue weighted by molar-refractivity contribution is -0.131. The Morgan fingerprint density at radius 1 is 0.696 bits per heavy atom. The molecule has 5 heteroatoms. The van der Waals surface area contributed by atoms with Crippen LogP contribution in [0.1, 0.15) is 90.9 Å². The average Bonchev–Trinajstić information content (AvgIpc) is 2.56. The zero-order valence-electron chi connectivity index (χ0n) is 15.1. The molecule has 0 saturated heterocycles. The molecule has 0 spiro atoms. The van der Waals surface area contributed by atoms with Crippen molar-refractivity contribution in [3.8, 4) is 0 Å². The summed E-state index contributed by atoms with van der Waals surface area (Å²) in [5.41, 5.74) is 4.75. The summed E-state index contributed by atoms with van der Waals surface area (Å²) in [5.74, 6) is -0.454. The van der Waals surface area contributed by atoms with Gasteiger partial charge in [-0.2, -0.15) is 0 Å². The number of hydrazine groups is 1. The van der Waals surface area contributed by atoms with Gasteiger partial charge in [0.15, 0.2) is 0 Å². The number of nitrogens with one attached hydrogen (secondary N) is 2. The zero-order chi connectivity index (χ0) is 17.2. The Morgan fingerprint density at radius 3 is 1.70 bits per heavy atom. The van der Waals surface area contributed by atoms with E-state index in [1.165, 1.54) is 57.8 Å². The van der Waals surface area contributed by atoms with Gasteiger partial charge in [0.2, 0.25) is 5.91 Å². The van der Waals surface area contributed by atoms with Crippen LogP contribution in [-0.2, 0) is 14.3 Å². The number of unbranched alkanes of at least 4 members (excludes halogenated alkanes) is 10. The predicted molar refractivity (Wildman–Crippen MR) is 93.9 cm³/mol. The molecule has 0 aromatic rings. The van der Waals surface area contributed by atoms with Crippen molar-refractivity contribution in [2.75, 3.05) is 13.2 Å². The van der Waals surface area contributed by atoms with Gasteiger partial charge in [0.05, 0.1) is 0 Å². The standard InChI is InChI=1S/C18H36N2O3/c1-3-5-6-7-8-9-10-11-12-13-14-15-17(21)19-20-18(22)16-23-4-2/h3-16H2,1-2H3,(H,19,21)(H,20,22). The fourth-order valence-electron chi connectivity index (χ4n) is 2.38. The van der Waals surface area contributed by atoms with Gasteiger partial charge in [-0.1, -0.05) is 71.1 Å². The molecule has 0 radical (unpaired) electrons. The third-order valence-electron chi connectivity index (χ3n) is 3.79. The quantitative estimate of drug-likeness (QED) is 0.354. The summed E-state index contributed by atoms with van der Waals surface area (Å²) in [6.45, 7) is 4.53. The molecular formula is C18H36N2O3. The lowest BCUT2D eigenvalue weighted by atomic mass is 10.1. The van der Waals surface area contributed by atoms with Crippen LogP contribution >= 0.6 is 0 Å². The first-order valence-corrected chi connectivity index (χ1v) is 9.36. The third-order valence-corrected chi connectivity index (χ3v) is 3.79. The minimum Gasteiger partial charge on any atom is -0.372 e. The van der Waals surface area contributed by atoms with E-state index in [4.69, 9.17) is 4.74 Å². The Kier molecular flexibility index (Phi) is 16.4. The van der Waals surface area contributed by atoms with E-state index in [9.17, 15) is 9.59 Å². The normalized spacial score (nSPS) is 10.5. The average molecular weight is 328 g/mol. The van der Waals surface area contributed by atoms with Crippen molar-refractivity contribution in [3.63, 3.8) is 0 Å². The number of hydrogen-bond acceptors (Lipinski definition) is 3. The second kappa shape index (κ2) is 17.3. The molecule has 0 aliphatic heterocycles. The van der Waals surface area contributed by atoms with Gasteiger partial charge in [0, 0.05) is 13.0 Å². The molecule has 0 rings (SSSR count). The summed E-state index contributed by atoms with van der Waals surface area (Å²) in [6, 6.07) is 0. The Bertz CT molecular complexity index is 296. The number of amides is 2. The van der Waals surface area contributed by atoms with Crippen molar-refractivity contribution < 1.29 is 14.3 Å². The number of hydrogen-bond donors (Lipinski definition) is 2. The number of rotatable bonds is 15. The second-order valence-electron chi connectivity index (χ2n) is 6.02. The van der Waals surface area contributed by atoms with E-state index in [0.29, 0.717) is 13.0 Å². The predicted octanol–water partition coefficient (Wildman–Crippen LogP) is 3.87. The Labute approximate surface area is 141 Å². The fourth-order valence-corrected chi connectivity index (χ4v) is 2.38. The summed E-state index contributed by atoms with van der Waals surface area (Å²) in [5, 5.41) is 0. The number of carbonyl (C=O) groups is 2. The van der Waals surface area contributed by atoms with Crippen LogP contribution in [-0.4, -0.2) is 25.0 Å². The van der Waals surface area contributed by atoms with E-state index in [1.54, 1.807) is 0 Å². The van der Waals surface area contributed by atoms with E-state index >= 15 is 0 Å². The maximum absolute atomic E-state index is 11.5. The maximum Gasteiger partial charge on any atom is 0.264 e. The van der Waals surface area contributed by atoms with Crippen LogP contribution in [0.25, 0.3) is 0 Å². The van der Waals surface area contributed by atoms with E-state index in [2.05, 4.69) is 17.8 Å². The lowest BCUT2D eigenvalue weighted by Crippen LogP contribution is -2.43. The lowest BCUT2D eigenvalue weighted by Gasteiger charge is -2.07. The smallest absolute Gasteiger partial charge is 0.264 e. The molecule has 0 bridgehead atoms. The highest BCUT2D eigenvalue weighted by molar-refractivity contribution is 5.82. The van der Waals surface area contributed by atoms with Gasteiger partial charge >= 0.3 is 0 Å². The molecule has 2 amide bonds. The molecule has 2 N–H and O–H groups in total. The molecule has 0 aliphatic carbocycles. The topological polar surface area (TPSA) is 67.4 Å². The monoisotopic (exact) mass is 328 g/mol. The van der Waals surface area contributed by atoms with E-state index in [0.717, 1.165) is 12.8 Å². The number of carbonyl (C=O) groups excluding carboxylic acids is 2. The minimum absolute atomic E-state index is 0.0186. The Morgan fingerprint density at radius 2 is 1.17 bits per heavy atom. The van der Waals surface area contributed by atoms with Gasteiger partial charge in [-0.25, -0.2) is 0 Å². The summed E-state index contributed by atoms with van der Waals surface area (Å²) in [6.07, 6.45) is 14.3. The molecule has 0 aromatic carbocycles. The van der Waals surface area contributed by atoms with Crippen LogP contribution in [0.15, 0.2) is 0 Å². The summed E-state index contributed by atoms with van der Waals surface area (Å²) in [4.78, 5) is 22.7. The molecule has 0 atom stereocenters. The van der Waals surface area contributed by atoms with E-state index in [1.807, 2.05) is 6.92 Å². The van der Waals surface area contributed by atoms with Crippen LogP contribution in [0.3, 0.4) is 0 Å².